The molecule has 6 heteroatoms. The molecule has 1 N–H and O–H groups in total. The van der Waals surface area contributed by atoms with Crippen LogP contribution in [0.25, 0.3) is 0 Å². The molecule has 158 valence electrons. The second-order valence-electron chi connectivity index (χ2n) is 7.47. The van der Waals surface area contributed by atoms with Gasteiger partial charge in [0, 0.05) is 12.0 Å². The number of hydrogen-bond acceptors (Lipinski definition) is 4. The summed E-state index contributed by atoms with van der Waals surface area (Å²) in [6, 6.07) is 18.6. The summed E-state index contributed by atoms with van der Waals surface area (Å²) in [5.74, 6) is -1.04. The topological polar surface area (TPSA) is 64.6 Å². The Morgan fingerprint density at radius 2 is 1.90 bits per heavy atom. The standard InChI is InChI=1S/C25H22FNO4/c1-15(17-9-11-22(30-2)21(26)13-17)27-24(28)18-8-10-20-19(12-18)14-23(31-25(20)29)16-6-4-3-5-7-16/h3-13,15,23H,14H2,1-2H3,(H,27,28). The summed E-state index contributed by atoms with van der Waals surface area (Å²) in [5.41, 5.74) is 3.19. The van der Waals surface area contributed by atoms with E-state index in [1.165, 1.54) is 19.2 Å². The van der Waals surface area contributed by atoms with E-state index in [4.69, 9.17) is 9.47 Å². The molecule has 3 aromatic rings. The van der Waals surface area contributed by atoms with Crippen LogP contribution in [0.4, 0.5) is 4.39 Å². The van der Waals surface area contributed by atoms with Gasteiger partial charge in [0.15, 0.2) is 11.6 Å². The minimum atomic E-state index is -0.486. The number of fused-ring (bicyclic) bond motifs is 1. The number of benzene rings is 3. The molecule has 0 saturated carbocycles. The molecule has 2 atom stereocenters. The number of nitrogens with one attached hydrogen (secondary N) is 1. The minimum Gasteiger partial charge on any atom is -0.494 e. The van der Waals surface area contributed by atoms with E-state index in [1.807, 2.05) is 30.3 Å². The average Bonchev–Trinajstić information content (AvgIpc) is 2.79. The van der Waals surface area contributed by atoms with E-state index in [-0.39, 0.29) is 17.8 Å². The van der Waals surface area contributed by atoms with E-state index in [9.17, 15) is 14.0 Å². The van der Waals surface area contributed by atoms with E-state index < -0.39 is 17.8 Å². The SMILES string of the molecule is COc1ccc(C(C)NC(=O)c2ccc3c(c2)CC(c2ccccc2)OC3=O)cc1F. The molecule has 1 amide bonds. The van der Waals surface area contributed by atoms with Crippen LogP contribution in [0.3, 0.4) is 0 Å². The van der Waals surface area contributed by atoms with Crippen LogP contribution in [0.5, 0.6) is 5.75 Å². The molecular formula is C25H22FNO4. The number of halogens is 1. The fourth-order valence-corrected chi connectivity index (χ4v) is 3.71. The second-order valence-corrected chi connectivity index (χ2v) is 7.47. The van der Waals surface area contributed by atoms with Crippen LogP contribution in [0, 0.1) is 5.82 Å². The number of hydrogen-bond donors (Lipinski definition) is 1. The maximum absolute atomic E-state index is 14.0. The third-order valence-corrected chi connectivity index (χ3v) is 5.44. The lowest BCUT2D eigenvalue weighted by molar-refractivity contribution is 0.0252. The van der Waals surface area contributed by atoms with Crippen molar-refractivity contribution in [2.75, 3.05) is 7.11 Å². The van der Waals surface area contributed by atoms with Crippen molar-refractivity contribution in [3.8, 4) is 5.75 Å². The van der Waals surface area contributed by atoms with Crippen LogP contribution in [-0.4, -0.2) is 19.0 Å². The van der Waals surface area contributed by atoms with E-state index in [1.54, 1.807) is 31.2 Å². The Morgan fingerprint density at radius 3 is 2.61 bits per heavy atom. The first kappa shape index (κ1) is 20.6. The quantitative estimate of drug-likeness (QED) is 0.605. The lowest BCUT2D eigenvalue weighted by Crippen LogP contribution is -2.28. The molecule has 0 aliphatic carbocycles. The highest BCUT2D eigenvalue weighted by atomic mass is 19.1. The van der Waals surface area contributed by atoms with Gasteiger partial charge in [0.2, 0.25) is 0 Å². The molecule has 0 saturated heterocycles. The van der Waals surface area contributed by atoms with E-state index in [2.05, 4.69) is 5.32 Å². The van der Waals surface area contributed by atoms with Crippen LogP contribution < -0.4 is 10.1 Å². The van der Waals surface area contributed by atoms with Gasteiger partial charge in [-0.1, -0.05) is 36.4 Å². The monoisotopic (exact) mass is 419 g/mol. The van der Waals surface area contributed by atoms with Gasteiger partial charge in [-0.05, 0) is 53.9 Å². The molecule has 0 spiro atoms. The first-order chi connectivity index (χ1) is 15.0. The van der Waals surface area contributed by atoms with Gasteiger partial charge < -0.3 is 14.8 Å². The average molecular weight is 419 g/mol. The normalized spacial score (nSPS) is 16.1. The first-order valence-electron chi connectivity index (χ1n) is 9.99. The summed E-state index contributed by atoms with van der Waals surface area (Å²) in [5, 5.41) is 2.88. The molecule has 0 aromatic heterocycles. The van der Waals surface area contributed by atoms with Gasteiger partial charge in [-0.15, -0.1) is 0 Å². The Hall–Kier alpha value is -3.67. The molecule has 1 aliphatic heterocycles. The Kier molecular flexibility index (Phi) is 5.71. The molecular weight excluding hydrogens is 397 g/mol. The Bertz CT molecular complexity index is 1130. The fraction of sp³-hybridized carbons (Fsp3) is 0.200. The molecule has 0 bridgehead atoms. The molecule has 31 heavy (non-hydrogen) atoms. The smallest absolute Gasteiger partial charge is 0.339 e. The van der Waals surface area contributed by atoms with Gasteiger partial charge in [0.05, 0.1) is 18.7 Å². The largest absolute Gasteiger partial charge is 0.494 e. The maximum atomic E-state index is 14.0. The zero-order chi connectivity index (χ0) is 22.0. The summed E-state index contributed by atoms with van der Waals surface area (Å²) in [7, 11) is 1.40. The maximum Gasteiger partial charge on any atom is 0.339 e. The number of methoxy groups -OCH3 is 1. The summed E-state index contributed by atoms with van der Waals surface area (Å²) < 4.78 is 24.5. The van der Waals surface area contributed by atoms with Gasteiger partial charge in [0.1, 0.15) is 6.10 Å². The Balaban J connectivity index is 1.52. The third-order valence-electron chi connectivity index (χ3n) is 5.44. The third kappa shape index (κ3) is 4.28. The Morgan fingerprint density at radius 1 is 1.13 bits per heavy atom. The summed E-state index contributed by atoms with van der Waals surface area (Å²) in [6.45, 7) is 1.78. The van der Waals surface area contributed by atoms with Crippen molar-refractivity contribution in [1.82, 2.24) is 5.32 Å². The van der Waals surface area contributed by atoms with Crippen LogP contribution >= 0.6 is 0 Å². The van der Waals surface area contributed by atoms with Crippen LogP contribution in [0.15, 0.2) is 66.7 Å². The lowest BCUT2D eigenvalue weighted by atomic mass is 9.93. The summed E-state index contributed by atoms with van der Waals surface area (Å²) in [4.78, 5) is 25.2. The number of amides is 1. The molecule has 0 radical (unpaired) electrons. The number of esters is 1. The molecule has 4 rings (SSSR count). The van der Waals surface area contributed by atoms with Crippen molar-refractivity contribution in [3.63, 3.8) is 0 Å². The van der Waals surface area contributed by atoms with E-state index in [0.717, 1.165) is 11.1 Å². The van der Waals surface area contributed by atoms with E-state index in [0.29, 0.717) is 23.1 Å². The number of rotatable bonds is 5. The highest BCUT2D eigenvalue weighted by molar-refractivity contribution is 5.98. The lowest BCUT2D eigenvalue weighted by Gasteiger charge is -2.25. The molecule has 3 aromatic carbocycles. The van der Waals surface area contributed by atoms with Gasteiger partial charge in [-0.2, -0.15) is 0 Å². The number of ether oxygens (including phenoxy) is 2. The zero-order valence-electron chi connectivity index (χ0n) is 17.2. The van der Waals surface area contributed by atoms with Crippen molar-refractivity contribution >= 4 is 11.9 Å². The van der Waals surface area contributed by atoms with Gasteiger partial charge >= 0.3 is 5.97 Å². The van der Waals surface area contributed by atoms with Gasteiger partial charge in [0.25, 0.3) is 5.91 Å². The fourth-order valence-electron chi connectivity index (χ4n) is 3.71. The number of carbonyl (C=O) groups excluding carboxylic acids is 2. The zero-order valence-corrected chi connectivity index (χ0v) is 17.2. The highest BCUT2D eigenvalue weighted by Gasteiger charge is 2.28. The van der Waals surface area contributed by atoms with Crippen molar-refractivity contribution in [1.29, 1.82) is 0 Å². The van der Waals surface area contributed by atoms with Crippen molar-refractivity contribution < 1.29 is 23.5 Å². The molecule has 2 unspecified atom stereocenters. The van der Waals surface area contributed by atoms with Crippen LogP contribution in [0.1, 0.15) is 56.5 Å². The predicted molar refractivity (Wildman–Crippen MR) is 114 cm³/mol. The molecule has 0 fully saturated rings. The van der Waals surface area contributed by atoms with Gasteiger partial charge in [-0.3, -0.25) is 4.79 Å². The minimum absolute atomic E-state index is 0.150. The molecule has 1 heterocycles. The van der Waals surface area contributed by atoms with Crippen LogP contribution in [0.2, 0.25) is 0 Å². The van der Waals surface area contributed by atoms with Crippen molar-refractivity contribution in [2.45, 2.75) is 25.5 Å². The number of cyclic esters (lactones) is 1. The van der Waals surface area contributed by atoms with Gasteiger partial charge in [-0.25, -0.2) is 9.18 Å². The summed E-state index contributed by atoms with van der Waals surface area (Å²) >= 11 is 0. The van der Waals surface area contributed by atoms with Crippen molar-refractivity contribution in [3.05, 3.63) is 100 Å². The predicted octanol–water partition coefficient (Wildman–Crippen LogP) is 4.78. The van der Waals surface area contributed by atoms with E-state index >= 15 is 0 Å². The van der Waals surface area contributed by atoms with Crippen LogP contribution in [-0.2, 0) is 11.2 Å². The summed E-state index contributed by atoms with van der Waals surface area (Å²) in [6.07, 6.45) is 0.103. The Labute approximate surface area is 179 Å². The van der Waals surface area contributed by atoms with Crippen molar-refractivity contribution in [2.24, 2.45) is 0 Å². The second kappa shape index (κ2) is 8.60. The molecule has 5 nitrogen and oxygen atoms in total. The highest BCUT2D eigenvalue weighted by Crippen LogP contribution is 2.31. The number of carbonyl (C=O) groups is 2. The molecule has 1 aliphatic rings. The first-order valence-corrected chi connectivity index (χ1v) is 9.99.